The molecule has 6 heteroatoms. The van der Waals surface area contributed by atoms with Crippen LogP contribution < -0.4 is 0 Å². The predicted molar refractivity (Wildman–Crippen MR) is 109 cm³/mol. The highest BCUT2D eigenvalue weighted by molar-refractivity contribution is 7.09. The lowest BCUT2D eigenvalue weighted by atomic mass is 9.60. The van der Waals surface area contributed by atoms with Crippen LogP contribution in [0.15, 0.2) is 41.9 Å². The highest BCUT2D eigenvalue weighted by Gasteiger charge is 2.66. The number of hydrogen-bond donors (Lipinski definition) is 1. The number of aromatic nitrogens is 1. The molecule has 2 aromatic rings. The largest absolute Gasteiger partial charge is 0.395 e. The molecule has 3 heterocycles. The smallest absolute Gasteiger partial charge is 0.225 e. The fourth-order valence-corrected chi connectivity index (χ4v) is 6.31. The van der Waals surface area contributed by atoms with Gasteiger partial charge in [-0.05, 0) is 18.4 Å². The molecule has 2 atom stereocenters. The van der Waals surface area contributed by atoms with Crippen molar-refractivity contribution < 1.29 is 9.90 Å². The number of likely N-dealkylation sites (tertiary alicyclic amines) is 2. The zero-order valence-electron chi connectivity index (χ0n) is 16.0. The predicted octanol–water partition coefficient (Wildman–Crippen LogP) is 2.87. The van der Waals surface area contributed by atoms with Crippen LogP contribution in [-0.2, 0) is 11.3 Å². The van der Waals surface area contributed by atoms with Gasteiger partial charge < -0.3 is 10.0 Å². The van der Waals surface area contributed by atoms with Crippen LogP contribution in [0.3, 0.4) is 0 Å². The number of aliphatic hydroxyl groups is 1. The molecular formula is C22H27N3O2S. The van der Waals surface area contributed by atoms with E-state index in [0.29, 0.717) is 5.91 Å². The minimum Gasteiger partial charge on any atom is -0.395 e. The summed E-state index contributed by atoms with van der Waals surface area (Å²) in [4.78, 5) is 21.8. The van der Waals surface area contributed by atoms with Gasteiger partial charge >= 0.3 is 0 Å². The molecule has 148 valence electrons. The highest BCUT2D eigenvalue weighted by Crippen LogP contribution is 2.54. The number of carbonyl (C=O) groups excluding carboxylic acids is 1. The molecule has 2 saturated heterocycles. The van der Waals surface area contributed by atoms with E-state index in [2.05, 4.69) is 39.0 Å². The standard InChI is InChI=1S/C22H27N3O2S/c26-13-18-20(16-6-2-1-3-7-16)22(25(18)12-19-23-10-11-28-19)14-24(15-22)21(27)17-8-4-5-9-17/h1-3,6-7,10-11,17-18,20,26H,4-5,8-9,12-15H2/t18-,20+/m0/s1. The first-order valence-corrected chi connectivity index (χ1v) is 11.2. The molecule has 1 N–H and O–H groups in total. The lowest BCUT2D eigenvalue weighted by Gasteiger charge is -2.70. The van der Waals surface area contributed by atoms with E-state index in [1.807, 2.05) is 17.6 Å². The van der Waals surface area contributed by atoms with Crippen molar-refractivity contribution >= 4 is 17.2 Å². The second kappa shape index (κ2) is 7.25. The average Bonchev–Trinajstić information content (AvgIpc) is 3.38. The Morgan fingerprint density at radius 1 is 1.21 bits per heavy atom. The number of thiazole rings is 1. The Morgan fingerprint density at radius 2 is 1.96 bits per heavy atom. The van der Waals surface area contributed by atoms with E-state index in [4.69, 9.17) is 0 Å². The number of rotatable bonds is 5. The van der Waals surface area contributed by atoms with Crippen LogP contribution in [0.1, 0.15) is 42.2 Å². The van der Waals surface area contributed by atoms with Gasteiger partial charge in [0.25, 0.3) is 0 Å². The molecule has 1 spiro atoms. The molecule has 0 radical (unpaired) electrons. The summed E-state index contributed by atoms with van der Waals surface area (Å²) in [6, 6.07) is 10.6. The van der Waals surface area contributed by atoms with Crippen molar-refractivity contribution in [2.75, 3.05) is 19.7 Å². The average molecular weight is 398 g/mol. The number of hydrogen-bond acceptors (Lipinski definition) is 5. The van der Waals surface area contributed by atoms with Gasteiger partial charge in [-0.25, -0.2) is 4.98 Å². The SMILES string of the molecule is O=C(C1CCCC1)N1CC2(C1)[C@H](c1ccccc1)[C@H](CO)N2Cc1nccs1. The molecule has 1 aromatic heterocycles. The fourth-order valence-electron chi connectivity index (χ4n) is 5.69. The Morgan fingerprint density at radius 3 is 2.61 bits per heavy atom. The van der Waals surface area contributed by atoms with E-state index in [9.17, 15) is 9.90 Å². The normalized spacial score (nSPS) is 27.0. The molecule has 5 rings (SSSR count). The maximum absolute atomic E-state index is 12.9. The summed E-state index contributed by atoms with van der Waals surface area (Å²) >= 11 is 1.66. The van der Waals surface area contributed by atoms with Gasteiger partial charge in [-0.15, -0.1) is 11.3 Å². The Hall–Kier alpha value is -1.76. The van der Waals surface area contributed by atoms with Crippen molar-refractivity contribution in [3.63, 3.8) is 0 Å². The molecule has 1 amide bonds. The van der Waals surface area contributed by atoms with E-state index in [1.165, 1.54) is 18.4 Å². The minimum atomic E-state index is -0.0747. The second-order valence-corrected chi connectivity index (χ2v) is 9.45. The Balaban J connectivity index is 1.40. The minimum absolute atomic E-state index is 0.0747. The first-order valence-electron chi connectivity index (χ1n) is 10.3. The van der Waals surface area contributed by atoms with E-state index in [1.54, 1.807) is 11.3 Å². The van der Waals surface area contributed by atoms with Crippen LogP contribution in [0.5, 0.6) is 0 Å². The number of carbonyl (C=O) groups is 1. The third-order valence-electron chi connectivity index (χ3n) is 7.02. The first-order chi connectivity index (χ1) is 13.7. The van der Waals surface area contributed by atoms with Crippen LogP contribution in [-0.4, -0.2) is 57.1 Å². The maximum Gasteiger partial charge on any atom is 0.225 e. The lowest BCUT2D eigenvalue weighted by molar-refractivity contribution is -0.202. The monoisotopic (exact) mass is 397 g/mol. The molecule has 1 aliphatic carbocycles. The van der Waals surface area contributed by atoms with Gasteiger partial charge in [-0.2, -0.15) is 0 Å². The van der Waals surface area contributed by atoms with Crippen molar-refractivity contribution in [3.8, 4) is 0 Å². The summed E-state index contributed by atoms with van der Waals surface area (Å²) in [6.45, 7) is 2.41. The zero-order valence-corrected chi connectivity index (χ0v) is 16.9. The van der Waals surface area contributed by atoms with Gasteiger partial charge in [0.15, 0.2) is 0 Å². The van der Waals surface area contributed by atoms with Crippen LogP contribution in [0.25, 0.3) is 0 Å². The van der Waals surface area contributed by atoms with Crippen LogP contribution in [0.4, 0.5) is 0 Å². The van der Waals surface area contributed by atoms with Crippen molar-refractivity contribution in [2.45, 2.75) is 49.7 Å². The van der Waals surface area contributed by atoms with E-state index in [-0.39, 0.29) is 30.0 Å². The molecule has 0 unspecified atom stereocenters. The molecule has 3 aliphatic rings. The van der Waals surface area contributed by atoms with Gasteiger partial charge in [0, 0.05) is 42.5 Å². The van der Waals surface area contributed by atoms with Gasteiger partial charge in [-0.1, -0.05) is 43.2 Å². The van der Waals surface area contributed by atoms with Gasteiger partial charge in [-0.3, -0.25) is 9.69 Å². The Kier molecular flexibility index (Phi) is 4.73. The Labute approximate surface area is 170 Å². The number of benzene rings is 1. The van der Waals surface area contributed by atoms with Gasteiger partial charge in [0.05, 0.1) is 18.7 Å². The molecule has 3 fully saturated rings. The quantitative estimate of drug-likeness (QED) is 0.843. The first kappa shape index (κ1) is 18.3. The van der Waals surface area contributed by atoms with Crippen LogP contribution in [0, 0.1) is 5.92 Å². The van der Waals surface area contributed by atoms with E-state index < -0.39 is 0 Å². The lowest BCUT2D eigenvalue weighted by Crippen LogP contribution is -2.84. The molecule has 28 heavy (non-hydrogen) atoms. The Bertz CT molecular complexity index is 814. The van der Waals surface area contributed by atoms with Crippen molar-refractivity contribution in [3.05, 3.63) is 52.5 Å². The van der Waals surface area contributed by atoms with Gasteiger partial charge in [0.1, 0.15) is 5.01 Å². The summed E-state index contributed by atoms with van der Waals surface area (Å²) < 4.78 is 0. The van der Waals surface area contributed by atoms with Gasteiger partial charge in [0.2, 0.25) is 5.91 Å². The molecule has 1 aromatic carbocycles. The number of nitrogens with zero attached hydrogens (tertiary/aromatic N) is 3. The van der Waals surface area contributed by atoms with Crippen LogP contribution >= 0.6 is 11.3 Å². The van der Waals surface area contributed by atoms with Crippen molar-refractivity contribution in [1.29, 1.82) is 0 Å². The summed E-state index contributed by atoms with van der Waals surface area (Å²) in [5.74, 6) is 0.830. The van der Waals surface area contributed by atoms with Crippen molar-refractivity contribution in [1.82, 2.24) is 14.8 Å². The molecule has 2 aliphatic heterocycles. The number of aliphatic hydroxyl groups excluding tert-OH is 1. The van der Waals surface area contributed by atoms with Crippen LogP contribution in [0.2, 0.25) is 0 Å². The summed E-state index contributed by atoms with van der Waals surface area (Å²) in [5, 5.41) is 13.3. The summed E-state index contributed by atoms with van der Waals surface area (Å²) in [5.41, 5.74) is 1.19. The molecular weight excluding hydrogens is 370 g/mol. The topological polar surface area (TPSA) is 56.7 Å². The summed E-state index contributed by atoms with van der Waals surface area (Å²) in [7, 11) is 0. The van der Waals surface area contributed by atoms with E-state index >= 15 is 0 Å². The number of amides is 1. The maximum atomic E-state index is 12.9. The van der Waals surface area contributed by atoms with Crippen molar-refractivity contribution in [2.24, 2.45) is 5.92 Å². The highest BCUT2D eigenvalue weighted by atomic mass is 32.1. The fraction of sp³-hybridized carbons (Fsp3) is 0.545. The second-order valence-electron chi connectivity index (χ2n) is 8.47. The third kappa shape index (κ3) is 2.81. The molecule has 5 nitrogen and oxygen atoms in total. The molecule has 0 bridgehead atoms. The zero-order chi connectivity index (χ0) is 19.1. The molecule has 1 saturated carbocycles. The summed E-state index contributed by atoms with van der Waals surface area (Å²) in [6.07, 6.45) is 6.31. The third-order valence-corrected chi connectivity index (χ3v) is 7.78. The van der Waals surface area contributed by atoms with E-state index in [0.717, 1.165) is 37.5 Å².